The van der Waals surface area contributed by atoms with Crippen molar-refractivity contribution in [3.8, 4) is 11.1 Å². The van der Waals surface area contributed by atoms with E-state index in [1.807, 2.05) is 30.3 Å². The fraction of sp³-hybridized carbons (Fsp3) is 0.143. The first-order valence-electron chi connectivity index (χ1n) is 5.72. The molecule has 0 aromatic heterocycles. The summed E-state index contributed by atoms with van der Waals surface area (Å²) in [5, 5.41) is 0. The lowest BCUT2D eigenvalue weighted by Gasteiger charge is -2.09. The van der Waals surface area contributed by atoms with E-state index in [2.05, 4.69) is 0 Å². The van der Waals surface area contributed by atoms with E-state index in [1.54, 1.807) is 6.07 Å². The first-order chi connectivity index (χ1) is 8.96. The average Bonchev–Trinajstić information content (AvgIpc) is 2.37. The maximum Gasteiger partial charge on any atom is 0.232 e. The third-order valence-corrected chi connectivity index (χ3v) is 3.92. The van der Waals surface area contributed by atoms with Gasteiger partial charge in [0.2, 0.25) is 9.05 Å². The first kappa shape index (κ1) is 14.0. The van der Waals surface area contributed by atoms with Crippen molar-refractivity contribution in [3.05, 3.63) is 59.9 Å². The van der Waals surface area contributed by atoms with Crippen LogP contribution in [0.2, 0.25) is 0 Å². The normalized spacial score (nSPS) is 11.5. The molecule has 2 nitrogen and oxygen atoms in total. The van der Waals surface area contributed by atoms with Crippen LogP contribution in [-0.2, 0) is 15.5 Å². The second-order valence-corrected chi connectivity index (χ2v) is 7.06. The summed E-state index contributed by atoms with van der Waals surface area (Å²) in [6.07, 6.45) is 0.188. The van der Waals surface area contributed by atoms with Crippen molar-refractivity contribution in [1.82, 2.24) is 0 Å². The van der Waals surface area contributed by atoms with Crippen molar-refractivity contribution in [2.24, 2.45) is 0 Å². The van der Waals surface area contributed by atoms with Crippen LogP contribution in [0, 0.1) is 5.82 Å². The van der Waals surface area contributed by atoms with Gasteiger partial charge in [0, 0.05) is 10.7 Å². The predicted octanol–water partition coefficient (Wildman–Crippen LogP) is 3.60. The zero-order valence-electron chi connectivity index (χ0n) is 10.0. The Kier molecular flexibility index (Phi) is 4.22. The van der Waals surface area contributed by atoms with Crippen LogP contribution in [-0.4, -0.2) is 14.2 Å². The molecular formula is C14H12ClFO2S. The Bertz CT molecular complexity index is 669. The number of aryl methyl sites for hydroxylation is 1. The molecule has 5 heteroatoms. The fourth-order valence-electron chi connectivity index (χ4n) is 1.90. The molecule has 0 aliphatic heterocycles. The molecule has 0 aliphatic carbocycles. The lowest BCUT2D eigenvalue weighted by molar-refractivity contribution is 0.608. The Morgan fingerprint density at radius 3 is 2.37 bits per heavy atom. The molecule has 0 atom stereocenters. The van der Waals surface area contributed by atoms with Gasteiger partial charge in [-0.1, -0.05) is 36.4 Å². The van der Waals surface area contributed by atoms with Crippen molar-refractivity contribution in [2.45, 2.75) is 6.42 Å². The van der Waals surface area contributed by atoms with Gasteiger partial charge in [-0.05, 0) is 35.2 Å². The Hall–Kier alpha value is -1.39. The number of hydrogen-bond acceptors (Lipinski definition) is 2. The minimum atomic E-state index is -3.58. The van der Waals surface area contributed by atoms with Gasteiger partial charge in [-0.15, -0.1) is 0 Å². The van der Waals surface area contributed by atoms with Gasteiger partial charge in [-0.25, -0.2) is 12.8 Å². The topological polar surface area (TPSA) is 34.1 Å². The van der Waals surface area contributed by atoms with E-state index in [-0.39, 0.29) is 18.0 Å². The van der Waals surface area contributed by atoms with Crippen molar-refractivity contribution >= 4 is 19.7 Å². The highest BCUT2D eigenvalue weighted by molar-refractivity contribution is 8.13. The van der Waals surface area contributed by atoms with Crippen molar-refractivity contribution < 1.29 is 12.8 Å². The smallest absolute Gasteiger partial charge is 0.212 e. The van der Waals surface area contributed by atoms with Crippen LogP contribution in [0.25, 0.3) is 11.1 Å². The summed E-state index contributed by atoms with van der Waals surface area (Å²) >= 11 is 0. The first-order valence-corrected chi connectivity index (χ1v) is 8.20. The SMILES string of the molecule is O=S(=O)(Cl)CCc1cc(F)ccc1-c1ccccc1. The molecular weight excluding hydrogens is 287 g/mol. The van der Waals surface area contributed by atoms with Crippen LogP contribution in [0.4, 0.5) is 4.39 Å². The van der Waals surface area contributed by atoms with E-state index in [0.717, 1.165) is 11.1 Å². The second kappa shape index (κ2) is 5.72. The summed E-state index contributed by atoms with van der Waals surface area (Å²) in [6, 6.07) is 13.8. The van der Waals surface area contributed by atoms with E-state index in [9.17, 15) is 12.8 Å². The molecule has 100 valence electrons. The number of halogens is 2. The molecule has 2 aromatic carbocycles. The largest absolute Gasteiger partial charge is 0.232 e. The molecule has 19 heavy (non-hydrogen) atoms. The summed E-state index contributed by atoms with van der Waals surface area (Å²) in [7, 11) is 1.62. The summed E-state index contributed by atoms with van der Waals surface area (Å²) in [6.45, 7) is 0. The van der Waals surface area contributed by atoms with E-state index < -0.39 is 9.05 Å². The van der Waals surface area contributed by atoms with E-state index in [0.29, 0.717) is 5.56 Å². The number of hydrogen-bond donors (Lipinski definition) is 0. The molecule has 2 aromatic rings. The zero-order chi connectivity index (χ0) is 13.9. The van der Waals surface area contributed by atoms with Gasteiger partial charge in [-0.2, -0.15) is 0 Å². The molecule has 0 radical (unpaired) electrons. The van der Waals surface area contributed by atoms with Crippen LogP contribution < -0.4 is 0 Å². The predicted molar refractivity (Wildman–Crippen MR) is 75.2 cm³/mol. The molecule has 0 amide bonds. The van der Waals surface area contributed by atoms with Gasteiger partial charge in [0.1, 0.15) is 5.82 Å². The minimum Gasteiger partial charge on any atom is -0.212 e. The monoisotopic (exact) mass is 298 g/mol. The highest BCUT2D eigenvalue weighted by atomic mass is 35.7. The van der Waals surface area contributed by atoms with Gasteiger partial charge in [0.25, 0.3) is 0 Å². The quantitative estimate of drug-likeness (QED) is 0.808. The van der Waals surface area contributed by atoms with Crippen LogP contribution in [0.5, 0.6) is 0 Å². The Morgan fingerprint density at radius 1 is 1.05 bits per heavy atom. The van der Waals surface area contributed by atoms with Crippen LogP contribution in [0.1, 0.15) is 5.56 Å². The zero-order valence-corrected chi connectivity index (χ0v) is 11.6. The van der Waals surface area contributed by atoms with E-state index >= 15 is 0 Å². The molecule has 0 saturated heterocycles. The third kappa shape index (κ3) is 4.04. The standard InChI is InChI=1S/C14H12ClFO2S/c15-19(17,18)9-8-12-10-13(16)6-7-14(12)11-4-2-1-3-5-11/h1-7,10H,8-9H2. The molecule has 0 bridgehead atoms. The van der Waals surface area contributed by atoms with Gasteiger partial charge >= 0.3 is 0 Å². The third-order valence-electron chi connectivity index (χ3n) is 2.77. The van der Waals surface area contributed by atoms with Crippen LogP contribution in [0.15, 0.2) is 48.5 Å². The maximum atomic E-state index is 13.3. The fourth-order valence-corrected chi connectivity index (χ4v) is 2.60. The molecule has 0 aliphatic rings. The molecule has 0 fully saturated rings. The molecule has 0 unspecified atom stereocenters. The van der Waals surface area contributed by atoms with Crippen molar-refractivity contribution in [2.75, 3.05) is 5.75 Å². The van der Waals surface area contributed by atoms with Crippen LogP contribution >= 0.6 is 10.7 Å². The van der Waals surface area contributed by atoms with Gasteiger partial charge in [-0.3, -0.25) is 0 Å². The summed E-state index contributed by atoms with van der Waals surface area (Å²) < 4.78 is 35.3. The van der Waals surface area contributed by atoms with Gasteiger partial charge in [0.15, 0.2) is 0 Å². The van der Waals surface area contributed by atoms with Crippen molar-refractivity contribution in [3.63, 3.8) is 0 Å². The highest BCUT2D eigenvalue weighted by Crippen LogP contribution is 2.25. The number of benzene rings is 2. The summed E-state index contributed by atoms with van der Waals surface area (Å²) in [4.78, 5) is 0. The minimum absolute atomic E-state index is 0.188. The maximum absolute atomic E-state index is 13.3. The van der Waals surface area contributed by atoms with E-state index in [1.165, 1.54) is 12.1 Å². The van der Waals surface area contributed by atoms with Gasteiger partial charge < -0.3 is 0 Å². The van der Waals surface area contributed by atoms with Crippen LogP contribution in [0.3, 0.4) is 0 Å². The number of rotatable bonds is 4. The molecule has 0 heterocycles. The average molecular weight is 299 g/mol. The Morgan fingerprint density at radius 2 is 1.74 bits per heavy atom. The Labute approximate surface area is 116 Å². The van der Waals surface area contributed by atoms with E-state index in [4.69, 9.17) is 10.7 Å². The molecule has 0 spiro atoms. The summed E-state index contributed by atoms with van der Waals surface area (Å²) in [5.74, 6) is -0.598. The molecule has 0 N–H and O–H groups in total. The Balaban J connectivity index is 2.39. The lowest BCUT2D eigenvalue weighted by Crippen LogP contribution is -2.03. The lowest BCUT2D eigenvalue weighted by atomic mass is 9.98. The van der Waals surface area contributed by atoms with Crippen molar-refractivity contribution in [1.29, 1.82) is 0 Å². The van der Waals surface area contributed by atoms with Gasteiger partial charge in [0.05, 0.1) is 5.75 Å². The molecule has 2 rings (SSSR count). The highest BCUT2D eigenvalue weighted by Gasteiger charge is 2.11. The molecule has 0 saturated carbocycles. The summed E-state index contributed by atoms with van der Waals surface area (Å²) in [5.41, 5.74) is 2.38. The second-order valence-electron chi connectivity index (χ2n) is 4.16.